The Morgan fingerprint density at radius 3 is 2.41 bits per heavy atom. The van der Waals surface area contributed by atoms with Crippen LogP contribution < -0.4 is 14.2 Å². The van der Waals surface area contributed by atoms with Crippen molar-refractivity contribution in [3.63, 3.8) is 0 Å². The van der Waals surface area contributed by atoms with E-state index in [1.54, 1.807) is 61.6 Å². The highest BCUT2D eigenvalue weighted by atomic mass is 35.5. The minimum Gasteiger partial charge on any atom is -0.497 e. The number of carbonyl (C=O) groups excluding carboxylic acids is 1. The SMILES string of the molecule is COc1cccc(C(=O)N2CCc3cc(OC)c(OC)cc3[C@H]2c2c(F)cccc2Cl)c1. The lowest BCUT2D eigenvalue weighted by Crippen LogP contribution is -2.41. The zero-order chi connectivity index (χ0) is 22.8. The number of fused-ring (bicyclic) bond motifs is 1. The summed E-state index contributed by atoms with van der Waals surface area (Å²) >= 11 is 6.47. The number of hydrogen-bond acceptors (Lipinski definition) is 4. The lowest BCUT2D eigenvalue weighted by molar-refractivity contribution is 0.0691. The molecule has 1 aliphatic rings. The second-order valence-electron chi connectivity index (χ2n) is 7.42. The molecule has 0 fully saturated rings. The molecular formula is C25H23ClFNO4. The van der Waals surface area contributed by atoms with Crippen molar-refractivity contribution in [2.75, 3.05) is 27.9 Å². The van der Waals surface area contributed by atoms with E-state index in [1.807, 2.05) is 6.07 Å². The first-order valence-electron chi connectivity index (χ1n) is 10.1. The highest BCUT2D eigenvalue weighted by molar-refractivity contribution is 6.31. The van der Waals surface area contributed by atoms with Crippen molar-refractivity contribution in [2.24, 2.45) is 0 Å². The van der Waals surface area contributed by atoms with Gasteiger partial charge in [-0.2, -0.15) is 0 Å². The number of halogens is 2. The first-order valence-corrected chi connectivity index (χ1v) is 10.5. The first-order chi connectivity index (χ1) is 15.5. The Morgan fingerprint density at radius 2 is 1.72 bits per heavy atom. The highest BCUT2D eigenvalue weighted by Crippen LogP contribution is 2.44. The Hall–Kier alpha value is -3.25. The van der Waals surface area contributed by atoms with Gasteiger partial charge in [0.2, 0.25) is 0 Å². The number of benzene rings is 3. The molecule has 0 saturated heterocycles. The fourth-order valence-corrected chi connectivity index (χ4v) is 4.44. The molecule has 0 aliphatic carbocycles. The van der Waals surface area contributed by atoms with Gasteiger partial charge in [-0.1, -0.05) is 23.7 Å². The maximum Gasteiger partial charge on any atom is 0.254 e. The molecule has 0 aromatic heterocycles. The smallest absolute Gasteiger partial charge is 0.254 e. The molecule has 7 heteroatoms. The molecule has 0 N–H and O–H groups in total. The van der Waals surface area contributed by atoms with Crippen LogP contribution in [-0.4, -0.2) is 38.7 Å². The minimum absolute atomic E-state index is 0.242. The van der Waals surface area contributed by atoms with Crippen molar-refractivity contribution >= 4 is 17.5 Å². The van der Waals surface area contributed by atoms with Gasteiger partial charge in [0.15, 0.2) is 11.5 Å². The number of methoxy groups -OCH3 is 3. The van der Waals surface area contributed by atoms with Crippen LogP contribution in [-0.2, 0) is 6.42 Å². The standard InChI is InChI=1S/C25H23ClFNO4/c1-30-17-7-4-6-16(12-17)25(29)28-11-10-15-13-21(31-2)22(32-3)14-18(15)24(28)23-19(26)8-5-9-20(23)27/h4-9,12-14,24H,10-11H2,1-3H3/t24-/m0/s1. The summed E-state index contributed by atoms with van der Waals surface area (Å²) in [7, 11) is 4.65. The largest absolute Gasteiger partial charge is 0.497 e. The molecule has 3 aromatic carbocycles. The number of nitrogens with zero attached hydrogens (tertiary/aromatic N) is 1. The summed E-state index contributed by atoms with van der Waals surface area (Å²) in [6.45, 7) is 0.383. The van der Waals surface area contributed by atoms with Crippen LogP contribution in [0.1, 0.15) is 33.1 Å². The van der Waals surface area contributed by atoms with E-state index >= 15 is 4.39 Å². The van der Waals surface area contributed by atoms with Gasteiger partial charge in [0.25, 0.3) is 5.91 Å². The van der Waals surface area contributed by atoms with Gasteiger partial charge < -0.3 is 19.1 Å². The fraction of sp³-hybridized carbons (Fsp3) is 0.240. The third-order valence-electron chi connectivity index (χ3n) is 5.72. The van der Waals surface area contributed by atoms with Gasteiger partial charge in [-0.25, -0.2) is 4.39 Å². The average molecular weight is 456 g/mol. The van der Waals surface area contributed by atoms with Crippen molar-refractivity contribution in [1.29, 1.82) is 0 Å². The maximum atomic E-state index is 15.1. The molecular weight excluding hydrogens is 433 g/mol. The molecule has 0 bridgehead atoms. The topological polar surface area (TPSA) is 48.0 Å². The molecule has 1 heterocycles. The van der Waals surface area contributed by atoms with Crippen molar-refractivity contribution in [2.45, 2.75) is 12.5 Å². The predicted octanol–water partition coefficient (Wildman–Crippen LogP) is 5.29. The van der Waals surface area contributed by atoms with Gasteiger partial charge in [-0.05, 0) is 60.0 Å². The Labute approximate surface area is 191 Å². The number of hydrogen-bond donors (Lipinski definition) is 0. The summed E-state index contributed by atoms with van der Waals surface area (Å²) in [5.74, 6) is 0.930. The van der Waals surface area contributed by atoms with Crippen LogP contribution in [0, 0.1) is 5.82 Å². The molecule has 0 unspecified atom stereocenters. The van der Waals surface area contributed by atoms with Gasteiger partial charge in [0.05, 0.1) is 27.4 Å². The molecule has 0 saturated carbocycles. The lowest BCUT2D eigenvalue weighted by Gasteiger charge is -2.38. The molecule has 3 aromatic rings. The van der Waals surface area contributed by atoms with Gasteiger partial charge in [-0.15, -0.1) is 0 Å². The third kappa shape index (κ3) is 3.86. The summed E-state index contributed by atoms with van der Waals surface area (Å²) in [5.41, 5.74) is 2.39. The zero-order valence-corrected chi connectivity index (χ0v) is 18.8. The quantitative estimate of drug-likeness (QED) is 0.524. The maximum absolute atomic E-state index is 15.1. The van der Waals surface area contributed by atoms with Gasteiger partial charge >= 0.3 is 0 Å². The van der Waals surface area contributed by atoms with E-state index in [-0.39, 0.29) is 16.5 Å². The van der Waals surface area contributed by atoms with Crippen LogP contribution >= 0.6 is 11.6 Å². The molecule has 1 atom stereocenters. The van der Waals surface area contributed by atoms with E-state index in [0.29, 0.717) is 35.8 Å². The van der Waals surface area contributed by atoms with Crippen LogP contribution in [0.25, 0.3) is 0 Å². The third-order valence-corrected chi connectivity index (χ3v) is 6.05. The van der Waals surface area contributed by atoms with Crippen molar-refractivity contribution < 1.29 is 23.4 Å². The van der Waals surface area contributed by atoms with E-state index in [1.165, 1.54) is 13.2 Å². The molecule has 0 radical (unpaired) electrons. The summed E-state index contributed by atoms with van der Waals surface area (Å²) in [6, 6.07) is 14.4. The number of carbonyl (C=O) groups is 1. The van der Waals surface area contributed by atoms with Gasteiger partial charge in [-0.3, -0.25) is 4.79 Å². The number of ether oxygens (including phenoxy) is 3. The minimum atomic E-state index is -0.731. The molecule has 1 amide bonds. The molecule has 32 heavy (non-hydrogen) atoms. The molecule has 166 valence electrons. The van der Waals surface area contributed by atoms with Crippen molar-refractivity contribution in [1.82, 2.24) is 4.90 Å². The number of amides is 1. The Bertz CT molecular complexity index is 1150. The summed E-state index contributed by atoms with van der Waals surface area (Å²) in [6.07, 6.45) is 0.577. The predicted molar refractivity (Wildman–Crippen MR) is 121 cm³/mol. The highest BCUT2D eigenvalue weighted by Gasteiger charge is 2.36. The average Bonchev–Trinajstić information content (AvgIpc) is 2.82. The number of rotatable bonds is 5. The van der Waals surface area contributed by atoms with Crippen LogP contribution in [0.3, 0.4) is 0 Å². The Balaban J connectivity index is 1.90. The summed E-state index contributed by atoms with van der Waals surface area (Å²) in [5, 5.41) is 0.251. The Kier molecular flexibility index (Phi) is 6.24. The Morgan fingerprint density at radius 1 is 1.00 bits per heavy atom. The normalized spacial score (nSPS) is 15.2. The van der Waals surface area contributed by atoms with Crippen LogP contribution in [0.4, 0.5) is 4.39 Å². The van der Waals surface area contributed by atoms with E-state index in [4.69, 9.17) is 25.8 Å². The first kappa shape index (κ1) is 22.0. The molecule has 1 aliphatic heterocycles. The molecule has 4 rings (SSSR count). The van der Waals surface area contributed by atoms with E-state index in [0.717, 1.165) is 11.1 Å². The van der Waals surface area contributed by atoms with Gasteiger partial charge in [0.1, 0.15) is 11.6 Å². The van der Waals surface area contributed by atoms with Crippen LogP contribution in [0.15, 0.2) is 54.6 Å². The van der Waals surface area contributed by atoms with Crippen LogP contribution in [0.2, 0.25) is 5.02 Å². The summed E-state index contributed by atoms with van der Waals surface area (Å²) < 4.78 is 31.3. The van der Waals surface area contributed by atoms with Crippen LogP contribution in [0.5, 0.6) is 17.2 Å². The zero-order valence-electron chi connectivity index (χ0n) is 18.0. The second kappa shape index (κ2) is 9.09. The van der Waals surface area contributed by atoms with Crippen molar-refractivity contribution in [3.8, 4) is 17.2 Å². The fourth-order valence-electron chi connectivity index (χ4n) is 4.17. The van der Waals surface area contributed by atoms with Crippen molar-refractivity contribution in [3.05, 3.63) is 87.7 Å². The van der Waals surface area contributed by atoms with E-state index in [2.05, 4.69) is 0 Å². The summed E-state index contributed by atoms with van der Waals surface area (Å²) in [4.78, 5) is 15.3. The second-order valence-corrected chi connectivity index (χ2v) is 7.83. The molecule has 0 spiro atoms. The van der Waals surface area contributed by atoms with E-state index in [9.17, 15) is 4.79 Å². The monoisotopic (exact) mass is 455 g/mol. The van der Waals surface area contributed by atoms with Gasteiger partial charge in [0, 0.05) is 22.7 Å². The van der Waals surface area contributed by atoms with E-state index < -0.39 is 11.9 Å². The lowest BCUT2D eigenvalue weighted by atomic mass is 9.86. The molecule has 5 nitrogen and oxygen atoms in total.